The van der Waals surface area contributed by atoms with E-state index in [2.05, 4.69) is 15.6 Å². The average molecular weight is 407 g/mol. The quantitative estimate of drug-likeness (QED) is 0.500. The molecule has 0 aliphatic heterocycles. The molecule has 0 fully saturated rings. The predicted molar refractivity (Wildman–Crippen MR) is 112 cm³/mol. The van der Waals surface area contributed by atoms with Crippen LogP contribution in [0.25, 0.3) is 11.3 Å². The van der Waals surface area contributed by atoms with Crippen LogP contribution < -0.4 is 5.32 Å². The van der Waals surface area contributed by atoms with Gasteiger partial charge in [0.05, 0.1) is 6.54 Å². The summed E-state index contributed by atoms with van der Waals surface area (Å²) in [4.78, 5) is 12.5. The van der Waals surface area contributed by atoms with Crippen molar-refractivity contribution in [1.29, 1.82) is 0 Å². The molecule has 2 aromatic heterocycles. The number of amides is 1. The van der Waals surface area contributed by atoms with Gasteiger partial charge in [0.25, 0.3) is 5.91 Å². The fourth-order valence-corrected chi connectivity index (χ4v) is 3.17. The van der Waals surface area contributed by atoms with Crippen LogP contribution in [-0.2, 0) is 6.54 Å². The zero-order chi connectivity index (χ0) is 20.4. The van der Waals surface area contributed by atoms with E-state index in [4.69, 9.17) is 16.1 Å². The minimum absolute atomic E-state index is 0.197. The summed E-state index contributed by atoms with van der Waals surface area (Å²) in [6, 6.07) is 18.8. The Morgan fingerprint density at radius 3 is 2.66 bits per heavy atom. The molecule has 1 amide bonds. The summed E-state index contributed by atoms with van der Waals surface area (Å²) in [5, 5.41) is 11.8. The summed E-state index contributed by atoms with van der Waals surface area (Å²) >= 11 is 6.04. The van der Waals surface area contributed by atoms with Crippen LogP contribution in [0, 0.1) is 13.8 Å². The summed E-state index contributed by atoms with van der Waals surface area (Å²) in [6.45, 7) is 4.50. The highest BCUT2D eigenvalue weighted by Gasteiger charge is 2.16. The van der Waals surface area contributed by atoms with Gasteiger partial charge >= 0.3 is 0 Å². The SMILES string of the molecule is Cc1ccc(-c2cc(C(=O)Nc3cc(C)n(Cc4cccc(Cl)c4)n3)no2)cc1. The van der Waals surface area contributed by atoms with Gasteiger partial charge in [-0.3, -0.25) is 9.48 Å². The Kier molecular flexibility index (Phi) is 5.18. The van der Waals surface area contributed by atoms with E-state index >= 15 is 0 Å². The number of carbonyl (C=O) groups is 1. The Hall–Kier alpha value is -3.38. The number of carbonyl (C=O) groups excluding carboxylic acids is 1. The Morgan fingerprint density at radius 2 is 1.90 bits per heavy atom. The first-order valence-corrected chi connectivity index (χ1v) is 9.50. The zero-order valence-corrected chi connectivity index (χ0v) is 16.8. The number of hydrogen-bond donors (Lipinski definition) is 1. The van der Waals surface area contributed by atoms with Crippen molar-refractivity contribution in [2.24, 2.45) is 0 Å². The molecule has 0 spiro atoms. The molecule has 146 valence electrons. The molecule has 29 heavy (non-hydrogen) atoms. The normalized spacial score (nSPS) is 10.9. The van der Waals surface area contributed by atoms with Gasteiger partial charge in [-0.25, -0.2) is 0 Å². The van der Waals surface area contributed by atoms with Crippen molar-refractivity contribution in [3.8, 4) is 11.3 Å². The van der Waals surface area contributed by atoms with Gasteiger partial charge in [0.2, 0.25) is 0 Å². The first-order valence-electron chi connectivity index (χ1n) is 9.12. The zero-order valence-electron chi connectivity index (χ0n) is 16.0. The van der Waals surface area contributed by atoms with E-state index in [9.17, 15) is 4.79 Å². The molecular weight excluding hydrogens is 388 g/mol. The van der Waals surface area contributed by atoms with E-state index in [0.717, 1.165) is 22.4 Å². The third kappa shape index (κ3) is 4.38. The van der Waals surface area contributed by atoms with Crippen LogP contribution in [0.3, 0.4) is 0 Å². The average Bonchev–Trinajstić information content (AvgIpc) is 3.30. The molecule has 4 rings (SSSR count). The van der Waals surface area contributed by atoms with Gasteiger partial charge in [-0.15, -0.1) is 0 Å². The minimum Gasteiger partial charge on any atom is -0.355 e. The number of benzene rings is 2. The van der Waals surface area contributed by atoms with Gasteiger partial charge in [-0.05, 0) is 31.5 Å². The maximum Gasteiger partial charge on any atom is 0.279 e. The van der Waals surface area contributed by atoms with Gasteiger partial charge < -0.3 is 9.84 Å². The molecular formula is C22H19ClN4O2. The van der Waals surface area contributed by atoms with Crippen LogP contribution in [0.4, 0.5) is 5.82 Å². The molecule has 4 aromatic rings. The van der Waals surface area contributed by atoms with Gasteiger partial charge in [-0.2, -0.15) is 5.10 Å². The number of hydrogen-bond acceptors (Lipinski definition) is 4. The lowest BCUT2D eigenvalue weighted by Crippen LogP contribution is -2.13. The van der Waals surface area contributed by atoms with Crippen molar-refractivity contribution < 1.29 is 9.32 Å². The molecule has 0 aliphatic rings. The Bertz CT molecular complexity index is 1160. The standard InChI is InChI=1S/C22H19ClN4O2/c1-14-6-8-17(9-7-14)20-12-19(26-29-20)22(28)24-21-10-15(2)27(25-21)13-16-4-3-5-18(23)11-16/h3-12H,13H2,1-2H3,(H,24,25,28). The predicted octanol–water partition coefficient (Wildman–Crippen LogP) is 5.11. The fraction of sp³-hybridized carbons (Fsp3) is 0.136. The summed E-state index contributed by atoms with van der Waals surface area (Å²) in [5.41, 5.74) is 4.16. The maximum absolute atomic E-state index is 12.5. The summed E-state index contributed by atoms with van der Waals surface area (Å²) in [6.07, 6.45) is 0. The molecule has 0 bridgehead atoms. The lowest BCUT2D eigenvalue weighted by atomic mass is 10.1. The van der Waals surface area contributed by atoms with Crippen molar-refractivity contribution >= 4 is 23.3 Å². The van der Waals surface area contributed by atoms with Crippen LogP contribution in [0.15, 0.2) is 65.2 Å². The molecule has 0 unspecified atom stereocenters. The van der Waals surface area contributed by atoms with Crippen LogP contribution in [0.5, 0.6) is 0 Å². The molecule has 0 saturated heterocycles. The van der Waals surface area contributed by atoms with Crippen LogP contribution in [0.2, 0.25) is 5.02 Å². The van der Waals surface area contributed by atoms with Crippen molar-refractivity contribution in [3.63, 3.8) is 0 Å². The summed E-state index contributed by atoms with van der Waals surface area (Å²) in [7, 11) is 0. The van der Waals surface area contributed by atoms with Crippen LogP contribution in [-0.4, -0.2) is 20.8 Å². The second-order valence-electron chi connectivity index (χ2n) is 6.86. The second-order valence-corrected chi connectivity index (χ2v) is 7.29. The molecule has 0 aliphatic carbocycles. The highest BCUT2D eigenvalue weighted by atomic mass is 35.5. The number of nitrogens with one attached hydrogen (secondary N) is 1. The molecule has 1 N–H and O–H groups in total. The van der Waals surface area contributed by atoms with Gasteiger partial charge in [0.15, 0.2) is 17.3 Å². The highest BCUT2D eigenvalue weighted by Crippen LogP contribution is 2.21. The lowest BCUT2D eigenvalue weighted by molar-refractivity contribution is 0.101. The second kappa shape index (κ2) is 7.93. The fourth-order valence-electron chi connectivity index (χ4n) is 2.96. The van der Waals surface area contributed by atoms with E-state index in [1.54, 1.807) is 6.07 Å². The number of rotatable bonds is 5. The third-order valence-electron chi connectivity index (χ3n) is 4.52. The van der Waals surface area contributed by atoms with Crippen molar-refractivity contribution in [3.05, 3.63) is 88.2 Å². The molecule has 0 atom stereocenters. The molecule has 0 saturated carbocycles. The first-order chi connectivity index (χ1) is 14.0. The topological polar surface area (TPSA) is 73.0 Å². The molecule has 7 heteroatoms. The maximum atomic E-state index is 12.5. The van der Waals surface area contributed by atoms with Crippen molar-refractivity contribution in [2.45, 2.75) is 20.4 Å². The highest BCUT2D eigenvalue weighted by molar-refractivity contribution is 6.30. The number of nitrogens with zero attached hydrogens (tertiary/aromatic N) is 3. The minimum atomic E-state index is -0.375. The molecule has 2 aromatic carbocycles. The summed E-state index contributed by atoms with van der Waals surface area (Å²) < 4.78 is 7.13. The van der Waals surface area contributed by atoms with E-state index < -0.39 is 0 Å². The third-order valence-corrected chi connectivity index (χ3v) is 4.76. The van der Waals surface area contributed by atoms with Gasteiger partial charge in [-0.1, -0.05) is 58.7 Å². The van der Waals surface area contributed by atoms with Crippen LogP contribution >= 0.6 is 11.6 Å². The lowest BCUT2D eigenvalue weighted by Gasteiger charge is -2.04. The number of aryl methyl sites for hydroxylation is 2. The van der Waals surface area contributed by atoms with Crippen LogP contribution in [0.1, 0.15) is 27.3 Å². The number of aromatic nitrogens is 3. The number of halogens is 1. The van der Waals surface area contributed by atoms with Crippen molar-refractivity contribution in [2.75, 3.05) is 5.32 Å². The molecule has 0 radical (unpaired) electrons. The summed E-state index contributed by atoms with van der Waals surface area (Å²) in [5.74, 6) is 0.617. The number of anilines is 1. The Morgan fingerprint density at radius 1 is 1.10 bits per heavy atom. The van der Waals surface area contributed by atoms with Gasteiger partial charge in [0.1, 0.15) is 0 Å². The first kappa shape index (κ1) is 19.0. The monoisotopic (exact) mass is 406 g/mol. The van der Waals surface area contributed by atoms with Gasteiger partial charge in [0, 0.05) is 28.4 Å². The van der Waals surface area contributed by atoms with E-state index in [1.807, 2.05) is 73.1 Å². The van der Waals surface area contributed by atoms with E-state index in [0.29, 0.717) is 23.1 Å². The molecule has 6 nitrogen and oxygen atoms in total. The van der Waals surface area contributed by atoms with Crippen molar-refractivity contribution in [1.82, 2.24) is 14.9 Å². The molecule has 2 heterocycles. The smallest absolute Gasteiger partial charge is 0.279 e. The Labute approximate surface area is 173 Å². The van der Waals surface area contributed by atoms with E-state index in [1.165, 1.54) is 0 Å². The largest absolute Gasteiger partial charge is 0.355 e. The Balaban J connectivity index is 1.47. The van der Waals surface area contributed by atoms with E-state index in [-0.39, 0.29) is 11.6 Å².